The molecule has 2 heterocycles. The van der Waals surface area contributed by atoms with E-state index in [2.05, 4.69) is 4.98 Å². The predicted molar refractivity (Wildman–Crippen MR) is 86.4 cm³/mol. The van der Waals surface area contributed by atoms with E-state index in [0.29, 0.717) is 17.9 Å². The Morgan fingerprint density at radius 3 is 2.78 bits per heavy atom. The molecular formula is C16H16N2O4S. The molecule has 1 aromatic carbocycles. The van der Waals surface area contributed by atoms with Gasteiger partial charge in [0, 0.05) is 11.8 Å². The highest BCUT2D eigenvalue weighted by molar-refractivity contribution is 8.00. The number of hydrogen-bond donors (Lipinski definition) is 1. The van der Waals surface area contributed by atoms with E-state index in [0.717, 1.165) is 0 Å². The molecule has 0 amide bonds. The Balaban J connectivity index is 1.72. The van der Waals surface area contributed by atoms with Crippen LogP contribution in [-0.4, -0.2) is 39.1 Å². The zero-order chi connectivity index (χ0) is 16.2. The first-order valence-electron chi connectivity index (χ1n) is 7.21. The van der Waals surface area contributed by atoms with Crippen molar-refractivity contribution in [3.8, 4) is 0 Å². The van der Waals surface area contributed by atoms with Crippen molar-refractivity contribution in [3.05, 3.63) is 64.3 Å². The van der Waals surface area contributed by atoms with Crippen molar-refractivity contribution in [1.82, 2.24) is 9.55 Å². The molecule has 1 N–H and O–H groups in total. The Hall–Kier alpha value is -1.96. The smallest absolute Gasteiger partial charge is 0.348 e. The fourth-order valence-corrected chi connectivity index (χ4v) is 3.38. The SMILES string of the molecule is O=C(Cc1ccn(C2CO[C@H](CO)S2)c(=O)n1)c1ccccc1. The zero-order valence-electron chi connectivity index (χ0n) is 12.3. The van der Waals surface area contributed by atoms with Crippen molar-refractivity contribution in [2.24, 2.45) is 0 Å². The molecule has 1 saturated heterocycles. The molecule has 2 atom stereocenters. The van der Waals surface area contributed by atoms with Crippen LogP contribution in [0, 0.1) is 0 Å². The van der Waals surface area contributed by atoms with E-state index in [1.165, 1.54) is 16.3 Å². The molecule has 120 valence electrons. The van der Waals surface area contributed by atoms with Crippen LogP contribution in [0.25, 0.3) is 0 Å². The Bertz CT molecular complexity index is 747. The van der Waals surface area contributed by atoms with Crippen LogP contribution >= 0.6 is 11.8 Å². The molecule has 1 aliphatic heterocycles. The summed E-state index contributed by atoms with van der Waals surface area (Å²) < 4.78 is 6.82. The Kier molecular flexibility index (Phi) is 4.90. The van der Waals surface area contributed by atoms with Crippen LogP contribution in [0.4, 0.5) is 0 Å². The van der Waals surface area contributed by atoms with Gasteiger partial charge in [-0.15, -0.1) is 11.8 Å². The first-order valence-corrected chi connectivity index (χ1v) is 8.16. The van der Waals surface area contributed by atoms with E-state index >= 15 is 0 Å². The van der Waals surface area contributed by atoms with Gasteiger partial charge in [-0.1, -0.05) is 30.3 Å². The van der Waals surface area contributed by atoms with Gasteiger partial charge in [0.25, 0.3) is 0 Å². The Morgan fingerprint density at radius 1 is 1.35 bits per heavy atom. The van der Waals surface area contributed by atoms with Gasteiger partial charge >= 0.3 is 5.69 Å². The van der Waals surface area contributed by atoms with Crippen molar-refractivity contribution >= 4 is 17.5 Å². The van der Waals surface area contributed by atoms with Crippen LogP contribution < -0.4 is 5.69 Å². The maximum atomic E-state index is 12.1. The van der Waals surface area contributed by atoms with Crippen molar-refractivity contribution in [2.75, 3.05) is 13.2 Å². The number of ketones is 1. The minimum atomic E-state index is -0.414. The molecule has 6 nitrogen and oxygen atoms in total. The lowest BCUT2D eigenvalue weighted by molar-refractivity contribution is 0.0803. The van der Waals surface area contributed by atoms with Gasteiger partial charge in [0.1, 0.15) is 10.8 Å². The number of aliphatic hydroxyl groups excluding tert-OH is 1. The molecule has 1 aromatic heterocycles. The van der Waals surface area contributed by atoms with Crippen molar-refractivity contribution in [2.45, 2.75) is 17.2 Å². The number of carbonyl (C=O) groups is 1. The Labute approximate surface area is 137 Å². The van der Waals surface area contributed by atoms with E-state index in [9.17, 15) is 9.59 Å². The molecule has 7 heteroatoms. The van der Waals surface area contributed by atoms with Crippen LogP contribution in [0.3, 0.4) is 0 Å². The number of rotatable bonds is 5. The third-order valence-corrected chi connectivity index (χ3v) is 4.78. The van der Waals surface area contributed by atoms with Gasteiger partial charge in [-0.2, -0.15) is 4.98 Å². The van der Waals surface area contributed by atoms with Gasteiger partial charge in [-0.3, -0.25) is 9.36 Å². The fraction of sp³-hybridized carbons (Fsp3) is 0.312. The van der Waals surface area contributed by atoms with Crippen LogP contribution in [0.5, 0.6) is 0 Å². The summed E-state index contributed by atoms with van der Waals surface area (Å²) in [6.45, 7) is 0.257. The predicted octanol–water partition coefficient (Wildman–Crippen LogP) is 1.25. The largest absolute Gasteiger partial charge is 0.393 e. The second kappa shape index (κ2) is 7.08. The van der Waals surface area contributed by atoms with Gasteiger partial charge in [0.05, 0.1) is 25.3 Å². The molecule has 1 fully saturated rings. The van der Waals surface area contributed by atoms with Gasteiger partial charge in [-0.05, 0) is 6.07 Å². The summed E-state index contributed by atoms with van der Waals surface area (Å²) in [5.41, 5.74) is 0.320. The fourth-order valence-electron chi connectivity index (χ4n) is 2.34. The number of aromatic nitrogens is 2. The summed E-state index contributed by atoms with van der Waals surface area (Å²) in [7, 11) is 0. The van der Waals surface area contributed by atoms with Crippen LogP contribution in [0.2, 0.25) is 0 Å². The maximum absolute atomic E-state index is 12.1. The van der Waals surface area contributed by atoms with Crippen molar-refractivity contribution in [1.29, 1.82) is 0 Å². The van der Waals surface area contributed by atoms with E-state index < -0.39 is 5.69 Å². The summed E-state index contributed by atoms with van der Waals surface area (Å²) >= 11 is 1.38. The van der Waals surface area contributed by atoms with E-state index in [4.69, 9.17) is 9.84 Å². The summed E-state index contributed by atoms with van der Waals surface area (Å²) in [5.74, 6) is -0.0748. The summed E-state index contributed by atoms with van der Waals surface area (Å²) in [5, 5.41) is 8.86. The first-order chi connectivity index (χ1) is 11.2. The summed E-state index contributed by atoms with van der Waals surface area (Å²) in [6.07, 6.45) is 1.72. The van der Waals surface area contributed by atoms with Crippen LogP contribution in [-0.2, 0) is 11.2 Å². The molecular weight excluding hydrogens is 316 g/mol. The normalized spacial score (nSPS) is 20.6. The molecule has 0 spiro atoms. The monoisotopic (exact) mass is 332 g/mol. The highest BCUT2D eigenvalue weighted by Crippen LogP contribution is 2.34. The lowest BCUT2D eigenvalue weighted by Crippen LogP contribution is -2.27. The van der Waals surface area contributed by atoms with E-state index in [1.54, 1.807) is 36.5 Å². The van der Waals surface area contributed by atoms with Gasteiger partial charge in [0.15, 0.2) is 5.78 Å². The number of ether oxygens (including phenoxy) is 1. The van der Waals surface area contributed by atoms with E-state index in [1.807, 2.05) is 6.07 Å². The number of hydrogen-bond acceptors (Lipinski definition) is 6. The zero-order valence-corrected chi connectivity index (χ0v) is 13.1. The number of benzene rings is 1. The quantitative estimate of drug-likeness (QED) is 0.830. The third-order valence-electron chi connectivity index (χ3n) is 3.52. The lowest BCUT2D eigenvalue weighted by atomic mass is 10.1. The number of carbonyl (C=O) groups excluding carboxylic acids is 1. The molecule has 2 aromatic rings. The number of aliphatic hydroxyl groups is 1. The van der Waals surface area contributed by atoms with Gasteiger partial charge < -0.3 is 9.84 Å². The molecule has 0 radical (unpaired) electrons. The molecule has 0 aliphatic carbocycles. The highest BCUT2D eigenvalue weighted by atomic mass is 32.2. The minimum absolute atomic E-state index is 0.0748. The molecule has 0 bridgehead atoms. The highest BCUT2D eigenvalue weighted by Gasteiger charge is 2.27. The number of nitrogens with zero attached hydrogens (tertiary/aromatic N) is 2. The Morgan fingerprint density at radius 2 is 2.13 bits per heavy atom. The average molecular weight is 332 g/mol. The first kappa shape index (κ1) is 15.9. The molecule has 1 aliphatic rings. The standard InChI is InChI=1S/C16H16N2O4S/c19-9-15-22-10-14(23-15)18-7-6-12(17-16(18)21)8-13(20)11-4-2-1-3-5-11/h1-7,14-15,19H,8-10H2/t14?,15-/m0/s1. The molecule has 0 saturated carbocycles. The van der Waals surface area contributed by atoms with Crippen molar-refractivity contribution in [3.63, 3.8) is 0 Å². The number of Topliss-reactive ketones (excluding diaryl/α,β-unsaturated/α-hetero) is 1. The summed E-state index contributed by atoms with van der Waals surface area (Å²) in [6, 6.07) is 10.6. The van der Waals surface area contributed by atoms with Crippen molar-refractivity contribution < 1.29 is 14.6 Å². The second-order valence-corrected chi connectivity index (χ2v) is 6.45. The average Bonchev–Trinajstić information content (AvgIpc) is 3.04. The molecule has 3 rings (SSSR count). The van der Waals surface area contributed by atoms with Crippen LogP contribution in [0.1, 0.15) is 21.4 Å². The topological polar surface area (TPSA) is 81.4 Å². The molecule has 23 heavy (non-hydrogen) atoms. The van der Waals surface area contributed by atoms with Gasteiger partial charge in [0.2, 0.25) is 0 Å². The van der Waals surface area contributed by atoms with E-state index in [-0.39, 0.29) is 29.6 Å². The van der Waals surface area contributed by atoms with Gasteiger partial charge in [-0.25, -0.2) is 4.79 Å². The third kappa shape index (κ3) is 3.69. The lowest BCUT2D eigenvalue weighted by Gasteiger charge is -2.11. The second-order valence-electron chi connectivity index (χ2n) is 5.11. The minimum Gasteiger partial charge on any atom is -0.393 e. The maximum Gasteiger partial charge on any atom is 0.348 e. The van der Waals surface area contributed by atoms with Crippen LogP contribution in [0.15, 0.2) is 47.4 Å². The summed E-state index contributed by atoms with van der Waals surface area (Å²) in [4.78, 5) is 28.3. The molecule has 1 unspecified atom stereocenters. The number of thioether (sulfide) groups is 1.